The summed E-state index contributed by atoms with van der Waals surface area (Å²) in [5.41, 5.74) is 0. The SMILES string of the molecule is CC(C)CS(O)(O)O. The zero-order valence-corrected chi connectivity index (χ0v) is 5.85. The fourth-order valence-corrected chi connectivity index (χ4v) is 1.34. The molecule has 52 valence electrons. The lowest BCUT2D eigenvalue weighted by molar-refractivity contribution is 0.369. The maximum atomic E-state index is 8.38. The summed E-state index contributed by atoms with van der Waals surface area (Å²) in [5.74, 6) is 0.206. The van der Waals surface area contributed by atoms with Crippen molar-refractivity contribution in [3.8, 4) is 0 Å². The Bertz CT molecular complexity index is 66.2. The molecule has 0 aromatic heterocycles. The molecule has 0 fully saturated rings. The first-order valence-electron chi connectivity index (χ1n) is 2.40. The van der Waals surface area contributed by atoms with E-state index in [-0.39, 0.29) is 11.7 Å². The van der Waals surface area contributed by atoms with E-state index in [2.05, 4.69) is 0 Å². The minimum Gasteiger partial charge on any atom is -0.308 e. The Morgan fingerprint density at radius 1 is 1.25 bits per heavy atom. The molecule has 0 saturated heterocycles. The molecule has 0 aliphatic heterocycles. The molecule has 0 aromatic rings. The zero-order valence-electron chi connectivity index (χ0n) is 5.03. The van der Waals surface area contributed by atoms with Crippen molar-refractivity contribution in [2.75, 3.05) is 5.75 Å². The van der Waals surface area contributed by atoms with Gasteiger partial charge in [-0.1, -0.05) is 13.8 Å². The largest absolute Gasteiger partial charge is 0.308 e. The Balaban J connectivity index is 3.39. The molecular weight excluding hydrogens is 128 g/mol. The fourth-order valence-electron chi connectivity index (χ4n) is 0.447. The summed E-state index contributed by atoms with van der Waals surface area (Å²) < 4.78 is 25.1. The second-order valence-corrected chi connectivity index (χ2v) is 3.79. The van der Waals surface area contributed by atoms with E-state index in [1.807, 2.05) is 13.8 Å². The maximum absolute atomic E-state index is 8.38. The minimum absolute atomic E-state index is 0.0764. The molecule has 0 unspecified atom stereocenters. The first-order valence-corrected chi connectivity index (χ1v) is 4.07. The van der Waals surface area contributed by atoms with Crippen molar-refractivity contribution < 1.29 is 13.7 Å². The summed E-state index contributed by atoms with van der Waals surface area (Å²) >= 11 is 0. The van der Waals surface area contributed by atoms with Gasteiger partial charge in [-0.25, -0.2) is 0 Å². The molecule has 0 saturated carbocycles. The molecule has 8 heavy (non-hydrogen) atoms. The monoisotopic (exact) mass is 140 g/mol. The van der Waals surface area contributed by atoms with E-state index in [9.17, 15) is 0 Å². The first-order chi connectivity index (χ1) is 3.42. The van der Waals surface area contributed by atoms with Crippen molar-refractivity contribution in [1.29, 1.82) is 0 Å². The molecule has 0 atom stereocenters. The molecule has 0 rings (SSSR count). The lowest BCUT2D eigenvalue weighted by Crippen LogP contribution is -2.06. The first kappa shape index (κ1) is 8.23. The Hall–Kier alpha value is 0.230. The average molecular weight is 140 g/mol. The third kappa shape index (κ3) is 6.23. The Morgan fingerprint density at radius 3 is 1.62 bits per heavy atom. The second kappa shape index (κ2) is 2.68. The third-order valence-electron chi connectivity index (χ3n) is 0.557. The smallest absolute Gasteiger partial charge is 0.0812 e. The molecule has 0 aliphatic rings. The Kier molecular flexibility index (Phi) is 2.76. The quantitative estimate of drug-likeness (QED) is 0.548. The lowest BCUT2D eigenvalue weighted by Gasteiger charge is -2.20. The van der Waals surface area contributed by atoms with Gasteiger partial charge in [0.1, 0.15) is 0 Å². The molecule has 0 bridgehead atoms. The summed E-state index contributed by atoms with van der Waals surface area (Å²) in [4.78, 5) is 0. The summed E-state index contributed by atoms with van der Waals surface area (Å²) in [5, 5.41) is 0. The van der Waals surface area contributed by atoms with Crippen LogP contribution >= 0.6 is 10.9 Å². The van der Waals surface area contributed by atoms with Gasteiger partial charge < -0.3 is 13.7 Å². The fraction of sp³-hybridized carbons (Fsp3) is 1.00. The summed E-state index contributed by atoms with van der Waals surface area (Å²) in [6.07, 6.45) is 0. The molecule has 0 aliphatic carbocycles. The van der Waals surface area contributed by atoms with E-state index in [0.29, 0.717) is 0 Å². The van der Waals surface area contributed by atoms with Crippen molar-refractivity contribution in [1.82, 2.24) is 0 Å². The van der Waals surface area contributed by atoms with Crippen LogP contribution in [0, 0.1) is 5.92 Å². The van der Waals surface area contributed by atoms with Crippen molar-refractivity contribution in [2.24, 2.45) is 5.92 Å². The third-order valence-corrected chi connectivity index (χ3v) is 1.67. The van der Waals surface area contributed by atoms with Crippen molar-refractivity contribution in [3.63, 3.8) is 0 Å². The van der Waals surface area contributed by atoms with Crippen LogP contribution < -0.4 is 0 Å². The van der Waals surface area contributed by atoms with Gasteiger partial charge in [-0.3, -0.25) is 0 Å². The molecule has 4 heteroatoms. The van der Waals surface area contributed by atoms with Gasteiger partial charge in [0.05, 0.1) is 10.9 Å². The van der Waals surface area contributed by atoms with Crippen LogP contribution in [0.3, 0.4) is 0 Å². The second-order valence-electron chi connectivity index (χ2n) is 2.19. The van der Waals surface area contributed by atoms with Crippen molar-refractivity contribution >= 4 is 10.9 Å². The molecule has 0 heterocycles. The predicted octanol–water partition coefficient (Wildman–Crippen LogP) is 1.87. The van der Waals surface area contributed by atoms with Crippen LogP contribution in [0.1, 0.15) is 13.8 Å². The van der Waals surface area contributed by atoms with E-state index in [4.69, 9.17) is 13.7 Å². The highest BCUT2D eigenvalue weighted by Gasteiger charge is 2.12. The van der Waals surface area contributed by atoms with Gasteiger partial charge >= 0.3 is 0 Å². The Labute approximate surface area is 50.9 Å². The van der Waals surface area contributed by atoms with Crippen LogP contribution in [-0.2, 0) is 0 Å². The lowest BCUT2D eigenvalue weighted by atomic mass is 10.3. The number of hydrogen-bond donors (Lipinski definition) is 3. The van der Waals surface area contributed by atoms with E-state index in [1.54, 1.807) is 0 Å². The minimum atomic E-state index is -3.22. The highest BCUT2D eigenvalue weighted by molar-refractivity contribution is 8.19. The van der Waals surface area contributed by atoms with Crippen molar-refractivity contribution in [3.05, 3.63) is 0 Å². The van der Waals surface area contributed by atoms with Crippen molar-refractivity contribution in [2.45, 2.75) is 13.8 Å². The van der Waals surface area contributed by atoms with Gasteiger partial charge in [0.2, 0.25) is 0 Å². The van der Waals surface area contributed by atoms with E-state index >= 15 is 0 Å². The van der Waals surface area contributed by atoms with Gasteiger partial charge in [0.15, 0.2) is 0 Å². The summed E-state index contributed by atoms with van der Waals surface area (Å²) in [7, 11) is -3.22. The van der Waals surface area contributed by atoms with Crippen LogP contribution in [0.2, 0.25) is 0 Å². The van der Waals surface area contributed by atoms with Crippen LogP contribution in [0.15, 0.2) is 0 Å². The molecule has 3 N–H and O–H groups in total. The highest BCUT2D eigenvalue weighted by atomic mass is 32.3. The average Bonchev–Trinajstić information content (AvgIpc) is 1.21. The molecule has 0 spiro atoms. The van der Waals surface area contributed by atoms with Crippen LogP contribution in [0.5, 0.6) is 0 Å². The van der Waals surface area contributed by atoms with Crippen LogP contribution in [0.4, 0.5) is 0 Å². The Morgan fingerprint density at radius 2 is 1.62 bits per heavy atom. The highest BCUT2D eigenvalue weighted by Crippen LogP contribution is 2.34. The number of rotatable bonds is 2. The molecule has 3 nitrogen and oxygen atoms in total. The zero-order chi connectivity index (χ0) is 6.78. The maximum Gasteiger partial charge on any atom is 0.0812 e. The van der Waals surface area contributed by atoms with Gasteiger partial charge in [-0.2, -0.15) is 0 Å². The molecule has 0 aromatic carbocycles. The van der Waals surface area contributed by atoms with Gasteiger partial charge in [0, 0.05) is 5.75 Å². The predicted molar refractivity (Wildman–Crippen MR) is 35.2 cm³/mol. The van der Waals surface area contributed by atoms with E-state index in [0.717, 1.165) is 0 Å². The standard InChI is InChI=1S/C4H12O3S/c1-4(2)3-8(5,6)7/h4-7H,3H2,1-2H3. The molecule has 0 radical (unpaired) electrons. The van der Waals surface area contributed by atoms with E-state index in [1.165, 1.54) is 0 Å². The topological polar surface area (TPSA) is 60.7 Å². The van der Waals surface area contributed by atoms with Gasteiger partial charge in [-0.05, 0) is 5.92 Å². The summed E-state index contributed by atoms with van der Waals surface area (Å²) in [6, 6.07) is 0. The normalized spacial score (nSPS) is 14.8. The number of hydrogen-bond acceptors (Lipinski definition) is 3. The molecule has 0 amide bonds. The van der Waals surface area contributed by atoms with Gasteiger partial charge in [0.25, 0.3) is 0 Å². The van der Waals surface area contributed by atoms with E-state index < -0.39 is 10.9 Å². The van der Waals surface area contributed by atoms with Gasteiger partial charge in [-0.15, -0.1) is 0 Å². The van der Waals surface area contributed by atoms with Crippen LogP contribution in [-0.4, -0.2) is 19.4 Å². The molecular formula is C4H12O3S. The van der Waals surface area contributed by atoms with Crippen LogP contribution in [0.25, 0.3) is 0 Å². The summed E-state index contributed by atoms with van der Waals surface area (Å²) in [6.45, 7) is 3.62.